The minimum Gasteiger partial charge on any atom is -0.395 e. The Bertz CT molecular complexity index is 1440. The molecule has 0 spiro atoms. The molecule has 0 amide bonds. The molecular formula is C31H26O2S4. The van der Waals surface area contributed by atoms with E-state index in [-0.39, 0.29) is 6.61 Å². The van der Waals surface area contributed by atoms with Crippen LogP contribution in [0.15, 0.2) is 89.6 Å². The molecule has 0 bridgehead atoms. The third-order valence-corrected chi connectivity index (χ3v) is 9.02. The Morgan fingerprint density at radius 3 is 1.76 bits per heavy atom. The van der Waals surface area contributed by atoms with Crippen molar-refractivity contribution >= 4 is 45.3 Å². The lowest BCUT2D eigenvalue weighted by Gasteiger charge is -2.00. The minimum atomic E-state index is 0.135. The topological polar surface area (TPSA) is 29.5 Å². The van der Waals surface area contributed by atoms with Crippen LogP contribution in [0.4, 0.5) is 0 Å². The summed E-state index contributed by atoms with van der Waals surface area (Å²) in [6.45, 7) is 1.46. The molecule has 37 heavy (non-hydrogen) atoms. The molecule has 1 aromatic carbocycles. The van der Waals surface area contributed by atoms with Gasteiger partial charge >= 0.3 is 0 Å². The van der Waals surface area contributed by atoms with Crippen LogP contribution in [0.3, 0.4) is 0 Å². The van der Waals surface area contributed by atoms with Crippen molar-refractivity contribution in [2.75, 3.05) is 13.2 Å². The largest absolute Gasteiger partial charge is 0.395 e. The first-order valence-electron chi connectivity index (χ1n) is 11.8. The number of hydrogen-bond donors (Lipinski definition) is 1. The van der Waals surface area contributed by atoms with Gasteiger partial charge in [0.2, 0.25) is 0 Å². The number of ether oxygens (including phenoxy) is 1. The zero-order valence-corrected chi connectivity index (χ0v) is 23.5. The van der Waals surface area contributed by atoms with Gasteiger partial charge in [0.05, 0.1) is 29.6 Å². The number of hydrogen-bond acceptors (Lipinski definition) is 6. The maximum Gasteiger partial charge on any atom is 0.0775 e. The van der Waals surface area contributed by atoms with E-state index in [0.717, 1.165) is 16.2 Å². The quantitative estimate of drug-likeness (QED) is 0.160. The Balaban J connectivity index is 0.000000186. The maximum absolute atomic E-state index is 8.60. The third-order valence-electron chi connectivity index (χ3n) is 4.88. The monoisotopic (exact) mass is 558 g/mol. The molecule has 0 aliphatic heterocycles. The van der Waals surface area contributed by atoms with Gasteiger partial charge in [-0.2, -0.15) is 0 Å². The molecule has 4 heterocycles. The van der Waals surface area contributed by atoms with E-state index in [9.17, 15) is 0 Å². The van der Waals surface area contributed by atoms with Crippen LogP contribution in [0.5, 0.6) is 0 Å². The van der Waals surface area contributed by atoms with Crippen molar-refractivity contribution in [1.29, 1.82) is 0 Å². The van der Waals surface area contributed by atoms with Crippen LogP contribution in [-0.2, 0) is 11.3 Å². The average Bonchev–Trinajstić information content (AvgIpc) is 3.75. The van der Waals surface area contributed by atoms with Gasteiger partial charge < -0.3 is 9.84 Å². The molecular weight excluding hydrogens is 533 g/mol. The van der Waals surface area contributed by atoms with Gasteiger partial charge in [-0.05, 0) is 52.7 Å². The van der Waals surface area contributed by atoms with Gasteiger partial charge in [-0.15, -0.1) is 45.3 Å². The van der Waals surface area contributed by atoms with Gasteiger partial charge in [-0.3, -0.25) is 0 Å². The summed E-state index contributed by atoms with van der Waals surface area (Å²) in [6, 6.07) is 27.0. The number of aliphatic hydroxyl groups excluding tert-OH is 1. The first-order chi connectivity index (χ1) is 18.3. The Hall–Kier alpha value is -2.94. The minimum absolute atomic E-state index is 0.135. The standard InChI is InChI=1S/C19H16OS2.C12H10OS2/c1-2-7-16(8-3-1)15-20-13-5-4-9-17-11-12-19(22-17)18-10-6-14-21-18;13-8-2-1-4-10-6-7-12(15-10)11-5-3-9-14-11/h1-3,6-8,10-12,14H,5,13,15H2;3,5-7,9,13H,2,8H2. The first kappa shape index (κ1) is 27.1. The van der Waals surface area contributed by atoms with E-state index in [1.165, 1.54) is 25.1 Å². The van der Waals surface area contributed by atoms with E-state index in [1.54, 1.807) is 45.3 Å². The van der Waals surface area contributed by atoms with E-state index in [4.69, 9.17) is 9.84 Å². The summed E-state index contributed by atoms with van der Waals surface area (Å²) in [5, 5.41) is 12.8. The number of benzene rings is 1. The van der Waals surface area contributed by atoms with Crippen molar-refractivity contribution in [3.63, 3.8) is 0 Å². The summed E-state index contributed by atoms with van der Waals surface area (Å²) >= 11 is 6.95. The molecule has 1 N–H and O–H groups in total. The fourth-order valence-electron chi connectivity index (χ4n) is 3.16. The Labute approximate surface area is 234 Å². The molecule has 0 fully saturated rings. The molecule has 5 aromatic rings. The van der Waals surface area contributed by atoms with Gasteiger partial charge in [0, 0.05) is 32.4 Å². The summed E-state index contributed by atoms with van der Waals surface area (Å²) in [7, 11) is 0. The highest BCUT2D eigenvalue weighted by Crippen LogP contribution is 2.32. The molecule has 2 nitrogen and oxygen atoms in total. The highest BCUT2D eigenvalue weighted by Gasteiger charge is 2.02. The van der Waals surface area contributed by atoms with Crippen LogP contribution in [0.1, 0.15) is 28.2 Å². The fraction of sp³-hybridized carbons (Fsp3) is 0.161. The van der Waals surface area contributed by atoms with E-state index < -0.39 is 0 Å². The lowest BCUT2D eigenvalue weighted by atomic mass is 10.2. The second kappa shape index (κ2) is 15.3. The fourth-order valence-corrected chi connectivity index (χ4v) is 6.59. The zero-order chi connectivity index (χ0) is 25.5. The second-order valence-corrected chi connectivity index (χ2v) is 11.7. The van der Waals surface area contributed by atoms with Crippen molar-refractivity contribution < 1.29 is 9.84 Å². The molecule has 5 rings (SSSR count). The van der Waals surface area contributed by atoms with Crippen LogP contribution in [0.25, 0.3) is 19.5 Å². The normalized spacial score (nSPS) is 9.97. The molecule has 4 aromatic heterocycles. The Morgan fingerprint density at radius 1 is 0.622 bits per heavy atom. The summed E-state index contributed by atoms with van der Waals surface area (Å²) in [4.78, 5) is 7.33. The third kappa shape index (κ3) is 9.14. The lowest BCUT2D eigenvalue weighted by Crippen LogP contribution is -1.93. The zero-order valence-electron chi connectivity index (χ0n) is 20.2. The SMILES string of the molecule is C(#Cc1ccc(-c2cccs2)s1)CCOCc1ccccc1.OCCC#Cc1ccc(-c2cccs2)s1. The Kier molecular flexibility index (Phi) is 11.2. The predicted molar refractivity (Wildman–Crippen MR) is 161 cm³/mol. The van der Waals surface area contributed by atoms with E-state index in [1.807, 2.05) is 24.3 Å². The van der Waals surface area contributed by atoms with Crippen LogP contribution in [0.2, 0.25) is 0 Å². The lowest BCUT2D eigenvalue weighted by molar-refractivity contribution is 0.126. The molecule has 6 heteroatoms. The summed E-state index contributed by atoms with van der Waals surface area (Å²) in [5.74, 6) is 12.4. The molecule has 0 aliphatic rings. The van der Waals surface area contributed by atoms with Gasteiger partial charge in [-0.1, -0.05) is 66.1 Å². The molecule has 0 unspecified atom stereocenters. The Morgan fingerprint density at radius 2 is 1.22 bits per heavy atom. The van der Waals surface area contributed by atoms with Crippen LogP contribution < -0.4 is 0 Å². The number of aliphatic hydroxyl groups is 1. The van der Waals surface area contributed by atoms with Crippen LogP contribution >= 0.6 is 45.3 Å². The van der Waals surface area contributed by atoms with Gasteiger partial charge in [0.15, 0.2) is 0 Å². The number of rotatable bonds is 7. The maximum atomic E-state index is 8.60. The molecule has 0 aliphatic carbocycles. The van der Waals surface area contributed by atoms with Crippen molar-refractivity contribution in [2.45, 2.75) is 19.4 Å². The van der Waals surface area contributed by atoms with Crippen molar-refractivity contribution in [3.05, 3.63) is 105 Å². The summed E-state index contributed by atoms with van der Waals surface area (Å²) < 4.78 is 5.62. The average molecular weight is 559 g/mol. The summed E-state index contributed by atoms with van der Waals surface area (Å²) in [6.07, 6.45) is 1.31. The van der Waals surface area contributed by atoms with Crippen molar-refractivity contribution in [2.24, 2.45) is 0 Å². The van der Waals surface area contributed by atoms with Crippen molar-refractivity contribution in [3.8, 4) is 43.2 Å². The van der Waals surface area contributed by atoms with Gasteiger partial charge in [-0.25, -0.2) is 0 Å². The highest BCUT2D eigenvalue weighted by molar-refractivity contribution is 7.22. The molecule has 186 valence electrons. The highest BCUT2D eigenvalue weighted by atomic mass is 32.1. The van der Waals surface area contributed by atoms with E-state index in [0.29, 0.717) is 19.6 Å². The van der Waals surface area contributed by atoms with E-state index in [2.05, 4.69) is 89.0 Å². The molecule has 0 saturated heterocycles. The second-order valence-electron chi connectivity index (χ2n) is 7.65. The smallest absolute Gasteiger partial charge is 0.0775 e. The van der Waals surface area contributed by atoms with Gasteiger partial charge in [0.25, 0.3) is 0 Å². The first-order valence-corrected chi connectivity index (χ1v) is 15.2. The van der Waals surface area contributed by atoms with Crippen molar-refractivity contribution in [1.82, 2.24) is 0 Å². The van der Waals surface area contributed by atoms with Crippen LogP contribution in [0, 0.1) is 23.7 Å². The molecule has 0 radical (unpaired) electrons. The number of thiophene rings is 4. The summed E-state index contributed by atoms with van der Waals surface area (Å²) in [5.41, 5.74) is 1.20. The van der Waals surface area contributed by atoms with Crippen LogP contribution in [-0.4, -0.2) is 18.3 Å². The molecule has 0 saturated carbocycles. The molecule has 0 atom stereocenters. The van der Waals surface area contributed by atoms with Gasteiger partial charge in [0.1, 0.15) is 0 Å². The predicted octanol–water partition coefficient (Wildman–Crippen LogP) is 8.65. The van der Waals surface area contributed by atoms with E-state index >= 15 is 0 Å².